The Hall–Kier alpha value is -3.90. The molecule has 86 heavy (non-hydrogen) atoms. The molecular weight excluding hydrogens is 1350 g/mol. The summed E-state index contributed by atoms with van der Waals surface area (Å²) in [5.74, 6) is 45.9. The van der Waals surface area contributed by atoms with Crippen LogP contribution < -0.4 is 0 Å². The Kier molecular flexibility index (Phi) is 32.3. The standard InChI is InChI=1S/2C32H22S8.C6H6/c2*1-33-29-30(34-2)38-27(37-29)21-25-17-13-23(14-18-25)11-9-7-5-6-8-10-12-24-15-19-26(20-16-24)22-28-39-31(35-3)32(36-4)40-28;1-2-4-6-5-3-1/h2*13-22H,1-4H3;1-6H. The van der Waals surface area contributed by atoms with Crippen LogP contribution in [0.1, 0.15) is 44.5 Å². The maximum atomic E-state index is 3.07. The van der Waals surface area contributed by atoms with Crippen LogP contribution in [0.15, 0.2) is 184 Å². The SMILES string of the molecule is CSC1=C(SC)SC(=Cc2ccc(C#CC#CC#CC#Cc3ccc(C=C4SC(SC)=C(SC)S4)cc3)cc2)S1.CSC1=C(SC)SC(=Cc2ccc(C#CC#CC#CC#Cc3ccc(C=C4SC(SC)=C(SC)S4)cc3)cc2)S1.c1ccccc1. The minimum absolute atomic E-state index is 0.929. The van der Waals surface area contributed by atoms with E-state index in [0.717, 1.165) is 22.3 Å². The number of thioether (sulfide) groups is 16. The van der Waals surface area contributed by atoms with Crippen molar-refractivity contribution < 1.29 is 0 Å². The quantitative estimate of drug-likeness (QED) is 0.109. The third-order valence-corrected chi connectivity index (χ3v) is 30.9. The van der Waals surface area contributed by atoms with E-state index < -0.39 is 0 Å². The van der Waals surface area contributed by atoms with E-state index in [1.54, 1.807) is 0 Å². The Morgan fingerprint density at radius 2 is 0.372 bits per heavy atom. The van der Waals surface area contributed by atoms with Crippen LogP contribution in [0.3, 0.4) is 0 Å². The van der Waals surface area contributed by atoms with E-state index in [4.69, 9.17) is 0 Å². The largest absolute Gasteiger partial charge is 0.121 e. The summed E-state index contributed by atoms with van der Waals surface area (Å²) in [6, 6.07) is 44.9. The molecule has 5 aromatic carbocycles. The van der Waals surface area contributed by atoms with Gasteiger partial charge in [-0.2, -0.15) is 0 Å². The fourth-order valence-corrected chi connectivity index (χ4v) is 26.4. The third-order valence-electron chi connectivity index (χ3n) is 10.6. The fraction of sp³-hybridized carbons (Fsp3) is 0.114. The summed E-state index contributed by atoms with van der Waals surface area (Å²) in [7, 11) is 0. The maximum Gasteiger partial charge on any atom is 0.0657 e. The second-order valence-electron chi connectivity index (χ2n) is 16.2. The average Bonchev–Trinajstić information content (AvgIpc) is 4.56. The van der Waals surface area contributed by atoms with Gasteiger partial charge in [-0.1, -0.05) is 203 Å². The van der Waals surface area contributed by atoms with Gasteiger partial charge in [-0.15, -0.1) is 94.1 Å². The first kappa shape index (κ1) is 69.6. The van der Waals surface area contributed by atoms with Gasteiger partial charge >= 0.3 is 0 Å². The lowest BCUT2D eigenvalue weighted by molar-refractivity contribution is 1.61. The second kappa shape index (κ2) is 40.0. The van der Waals surface area contributed by atoms with Gasteiger partial charge in [0.2, 0.25) is 0 Å². The van der Waals surface area contributed by atoms with E-state index >= 15 is 0 Å². The molecule has 4 aliphatic heterocycles. The molecular formula is C70H50S16. The van der Waals surface area contributed by atoms with E-state index in [1.807, 2.05) is 273 Å². The molecule has 4 heterocycles. The fourth-order valence-electron chi connectivity index (χ4n) is 6.63. The molecule has 0 aliphatic carbocycles. The van der Waals surface area contributed by atoms with Gasteiger partial charge in [0, 0.05) is 22.3 Å². The Morgan fingerprint density at radius 1 is 0.221 bits per heavy atom. The van der Waals surface area contributed by atoms with E-state index in [2.05, 4.69) is 218 Å². The molecule has 0 amide bonds. The van der Waals surface area contributed by atoms with Crippen molar-refractivity contribution in [3.8, 4) is 94.7 Å². The molecule has 0 saturated heterocycles. The van der Waals surface area contributed by atoms with Crippen molar-refractivity contribution in [2.24, 2.45) is 0 Å². The van der Waals surface area contributed by atoms with Crippen LogP contribution >= 0.6 is 188 Å². The van der Waals surface area contributed by atoms with Gasteiger partial charge in [0.15, 0.2) is 0 Å². The van der Waals surface area contributed by atoms with Gasteiger partial charge in [-0.25, -0.2) is 0 Å². The van der Waals surface area contributed by atoms with Crippen molar-refractivity contribution in [2.45, 2.75) is 0 Å². The second-order valence-corrected chi connectivity index (χ2v) is 34.3. The van der Waals surface area contributed by atoms with Crippen molar-refractivity contribution in [1.82, 2.24) is 0 Å². The lowest BCUT2D eigenvalue weighted by Crippen LogP contribution is -1.76. The van der Waals surface area contributed by atoms with Crippen LogP contribution in [0.5, 0.6) is 0 Å². The normalized spacial score (nSPS) is 13.5. The third kappa shape index (κ3) is 24.1. The van der Waals surface area contributed by atoms with Gasteiger partial charge in [0.25, 0.3) is 0 Å². The van der Waals surface area contributed by atoms with Crippen LogP contribution in [-0.2, 0) is 0 Å². The highest BCUT2D eigenvalue weighted by atomic mass is 32.3. The number of rotatable bonds is 12. The van der Waals surface area contributed by atoms with Crippen molar-refractivity contribution in [3.63, 3.8) is 0 Å². The molecule has 5 aromatic rings. The molecule has 0 N–H and O–H groups in total. The highest BCUT2D eigenvalue weighted by molar-refractivity contribution is 8.42. The summed E-state index contributed by atoms with van der Waals surface area (Å²) in [6.45, 7) is 0. The monoisotopic (exact) mass is 1400 g/mol. The smallest absolute Gasteiger partial charge is 0.0657 e. The molecule has 0 spiro atoms. The van der Waals surface area contributed by atoms with E-state index in [-0.39, 0.29) is 0 Å². The zero-order valence-corrected chi connectivity index (χ0v) is 60.6. The summed E-state index contributed by atoms with van der Waals surface area (Å²) in [5.41, 5.74) is 8.40. The highest BCUT2D eigenvalue weighted by Gasteiger charge is 2.23. The topological polar surface area (TPSA) is 0 Å². The van der Waals surface area contributed by atoms with Gasteiger partial charge in [-0.3, -0.25) is 0 Å². The van der Waals surface area contributed by atoms with Gasteiger partial charge in [0.05, 0.1) is 50.8 Å². The van der Waals surface area contributed by atoms with E-state index in [9.17, 15) is 0 Å². The van der Waals surface area contributed by atoms with E-state index in [1.165, 1.54) is 73.1 Å². The van der Waals surface area contributed by atoms with Crippen LogP contribution in [0, 0.1) is 94.7 Å². The molecule has 0 atom stereocenters. The Balaban J connectivity index is 0.000000224. The molecule has 0 bridgehead atoms. The van der Waals surface area contributed by atoms with Gasteiger partial charge in [0.1, 0.15) is 0 Å². The first-order chi connectivity index (χ1) is 42.2. The average molecular weight is 1400 g/mol. The van der Waals surface area contributed by atoms with Crippen LogP contribution in [0.25, 0.3) is 24.3 Å². The molecule has 0 saturated carbocycles. The Morgan fingerprint density at radius 3 is 0.523 bits per heavy atom. The molecule has 0 radical (unpaired) electrons. The van der Waals surface area contributed by atoms with Crippen molar-refractivity contribution in [2.75, 3.05) is 50.0 Å². The molecule has 16 heteroatoms. The number of benzene rings is 5. The van der Waals surface area contributed by atoms with Crippen molar-refractivity contribution >= 4 is 212 Å². The van der Waals surface area contributed by atoms with Crippen LogP contribution in [0.2, 0.25) is 0 Å². The molecule has 0 aromatic heterocycles. The summed E-state index contributed by atoms with van der Waals surface area (Å²) in [6.07, 6.45) is 25.9. The van der Waals surface area contributed by atoms with E-state index in [0.29, 0.717) is 0 Å². The maximum absolute atomic E-state index is 3.07. The van der Waals surface area contributed by atoms with Gasteiger partial charge in [-0.05, 0) is 216 Å². The Bertz CT molecular complexity index is 3430. The molecule has 0 unspecified atom stereocenters. The highest BCUT2D eigenvalue weighted by Crippen LogP contribution is 2.59. The first-order valence-electron chi connectivity index (χ1n) is 25.3. The minimum atomic E-state index is 0.929. The first-order valence-corrected chi connectivity index (χ1v) is 41.6. The lowest BCUT2D eigenvalue weighted by Gasteiger charge is -1.98. The summed E-state index contributed by atoms with van der Waals surface area (Å²) in [5, 5.41) is 0. The van der Waals surface area contributed by atoms with Crippen LogP contribution in [-0.4, -0.2) is 50.0 Å². The van der Waals surface area contributed by atoms with Crippen LogP contribution in [0.4, 0.5) is 0 Å². The van der Waals surface area contributed by atoms with Crippen molar-refractivity contribution in [3.05, 3.63) is 229 Å². The molecule has 4 aliphatic rings. The minimum Gasteiger partial charge on any atom is -0.121 e. The number of hydrogen-bond donors (Lipinski definition) is 0. The number of hydrogen-bond acceptors (Lipinski definition) is 16. The zero-order chi connectivity index (χ0) is 60.6. The molecule has 426 valence electrons. The summed E-state index contributed by atoms with van der Waals surface area (Å²) >= 11 is 29.2. The lowest BCUT2D eigenvalue weighted by atomic mass is 10.1. The molecule has 0 nitrogen and oxygen atoms in total. The Labute approximate surface area is 579 Å². The molecule has 9 rings (SSSR count). The van der Waals surface area contributed by atoms with Gasteiger partial charge < -0.3 is 0 Å². The summed E-state index contributed by atoms with van der Waals surface area (Å²) in [4.78, 5) is 0. The zero-order valence-electron chi connectivity index (χ0n) is 47.5. The molecule has 0 fully saturated rings. The predicted molar refractivity (Wildman–Crippen MR) is 420 cm³/mol. The summed E-state index contributed by atoms with van der Waals surface area (Å²) < 4.78 is 16.3. The van der Waals surface area contributed by atoms with Crippen molar-refractivity contribution in [1.29, 1.82) is 0 Å². The predicted octanol–water partition coefficient (Wildman–Crippen LogP) is 22.4.